The second kappa shape index (κ2) is 4.79. The summed E-state index contributed by atoms with van der Waals surface area (Å²) >= 11 is 0. The van der Waals surface area contributed by atoms with Gasteiger partial charge in [-0.2, -0.15) is 0 Å². The average molecular weight is 233 g/mol. The predicted octanol–water partition coefficient (Wildman–Crippen LogP) is 2.34. The van der Waals surface area contributed by atoms with E-state index in [1.165, 1.54) is 16.7 Å². The van der Waals surface area contributed by atoms with Crippen LogP contribution in [0.3, 0.4) is 0 Å². The SMILES string of the molecule is Cc1cccc(C)c1CC1(CN)CCCC1O. The maximum Gasteiger partial charge on any atom is 0.0611 e. The molecule has 1 aliphatic rings. The topological polar surface area (TPSA) is 46.2 Å². The summed E-state index contributed by atoms with van der Waals surface area (Å²) in [6, 6.07) is 6.39. The van der Waals surface area contributed by atoms with E-state index in [-0.39, 0.29) is 11.5 Å². The van der Waals surface area contributed by atoms with Crippen molar-refractivity contribution in [3.05, 3.63) is 34.9 Å². The highest BCUT2D eigenvalue weighted by Crippen LogP contribution is 2.41. The Labute approximate surface area is 104 Å². The molecule has 0 aromatic heterocycles. The van der Waals surface area contributed by atoms with Crippen molar-refractivity contribution in [1.29, 1.82) is 0 Å². The molecule has 1 saturated carbocycles. The zero-order valence-electron chi connectivity index (χ0n) is 10.9. The molecule has 1 aliphatic carbocycles. The van der Waals surface area contributed by atoms with Crippen LogP contribution < -0.4 is 5.73 Å². The number of benzene rings is 1. The quantitative estimate of drug-likeness (QED) is 0.841. The van der Waals surface area contributed by atoms with Crippen molar-refractivity contribution in [2.45, 2.75) is 45.6 Å². The van der Waals surface area contributed by atoms with Gasteiger partial charge in [0.25, 0.3) is 0 Å². The van der Waals surface area contributed by atoms with Crippen molar-refractivity contribution >= 4 is 0 Å². The van der Waals surface area contributed by atoms with Crippen LogP contribution in [0.1, 0.15) is 36.0 Å². The minimum atomic E-state index is -0.230. The molecular formula is C15H23NO. The van der Waals surface area contributed by atoms with Crippen molar-refractivity contribution in [3.63, 3.8) is 0 Å². The van der Waals surface area contributed by atoms with Crippen molar-refractivity contribution in [2.24, 2.45) is 11.1 Å². The Hall–Kier alpha value is -0.860. The van der Waals surface area contributed by atoms with Crippen LogP contribution in [0.2, 0.25) is 0 Å². The van der Waals surface area contributed by atoms with E-state index in [1.54, 1.807) is 0 Å². The van der Waals surface area contributed by atoms with Crippen LogP contribution in [-0.2, 0) is 6.42 Å². The number of hydrogen-bond donors (Lipinski definition) is 2. The number of aryl methyl sites for hydroxylation is 2. The molecule has 0 saturated heterocycles. The maximum absolute atomic E-state index is 10.2. The van der Waals surface area contributed by atoms with Crippen LogP contribution >= 0.6 is 0 Å². The molecule has 17 heavy (non-hydrogen) atoms. The van der Waals surface area contributed by atoms with Gasteiger partial charge in [-0.1, -0.05) is 24.6 Å². The Morgan fingerprint density at radius 2 is 2.00 bits per heavy atom. The van der Waals surface area contributed by atoms with E-state index < -0.39 is 0 Å². The molecule has 1 aromatic rings. The summed E-state index contributed by atoms with van der Waals surface area (Å²) < 4.78 is 0. The van der Waals surface area contributed by atoms with E-state index in [4.69, 9.17) is 5.73 Å². The minimum absolute atomic E-state index is 0.0864. The average Bonchev–Trinajstić information content (AvgIpc) is 2.66. The fourth-order valence-corrected chi connectivity index (χ4v) is 3.12. The molecular weight excluding hydrogens is 210 g/mol. The third kappa shape index (κ3) is 2.24. The Kier molecular flexibility index (Phi) is 3.55. The third-order valence-corrected chi connectivity index (χ3v) is 4.44. The van der Waals surface area contributed by atoms with E-state index in [0.29, 0.717) is 6.54 Å². The summed E-state index contributed by atoms with van der Waals surface area (Å²) in [5, 5.41) is 10.2. The van der Waals surface area contributed by atoms with E-state index in [0.717, 1.165) is 25.7 Å². The fraction of sp³-hybridized carbons (Fsp3) is 0.600. The molecule has 2 atom stereocenters. The summed E-state index contributed by atoms with van der Waals surface area (Å²) in [6.07, 6.45) is 3.75. The first-order chi connectivity index (χ1) is 8.09. The molecule has 3 N–H and O–H groups in total. The van der Waals surface area contributed by atoms with Crippen molar-refractivity contribution < 1.29 is 5.11 Å². The molecule has 0 heterocycles. The lowest BCUT2D eigenvalue weighted by Crippen LogP contribution is -2.40. The molecule has 2 unspecified atom stereocenters. The van der Waals surface area contributed by atoms with Gasteiger partial charge in [0, 0.05) is 12.0 Å². The highest BCUT2D eigenvalue weighted by atomic mass is 16.3. The smallest absolute Gasteiger partial charge is 0.0611 e. The molecule has 0 aliphatic heterocycles. The highest BCUT2D eigenvalue weighted by molar-refractivity contribution is 5.34. The van der Waals surface area contributed by atoms with E-state index in [9.17, 15) is 5.11 Å². The number of nitrogens with two attached hydrogens (primary N) is 1. The summed E-state index contributed by atoms with van der Waals surface area (Å²) in [4.78, 5) is 0. The number of rotatable bonds is 3. The highest BCUT2D eigenvalue weighted by Gasteiger charge is 2.41. The first-order valence-electron chi connectivity index (χ1n) is 6.52. The van der Waals surface area contributed by atoms with Crippen molar-refractivity contribution in [1.82, 2.24) is 0 Å². The van der Waals surface area contributed by atoms with Crippen LogP contribution in [0, 0.1) is 19.3 Å². The summed E-state index contributed by atoms with van der Waals surface area (Å²) in [5.74, 6) is 0. The molecule has 1 aromatic carbocycles. The Morgan fingerprint density at radius 3 is 2.47 bits per heavy atom. The van der Waals surface area contributed by atoms with Crippen molar-refractivity contribution in [2.75, 3.05) is 6.54 Å². The van der Waals surface area contributed by atoms with Crippen LogP contribution in [0.5, 0.6) is 0 Å². The van der Waals surface area contributed by atoms with Gasteiger partial charge in [-0.3, -0.25) is 0 Å². The van der Waals surface area contributed by atoms with Gasteiger partial charge in [-0.25, -0.2) is 0 Å². The lowest BCUT2D eigenvalue weighted by atomic mass is 9.76. The van der Waals surface area contributed by atoms with Gasteiger partial charge in [0.15, 0.2) is 0 Å². The molecule has 1 fully saturated rings. The third-order valence-electron chi connectivity index (χ3n) is 4.44. The first kappa shape index (κ1) is 12.6. The van der Waals surface area contributed by atoms with Crippen LogP contribution in [0.15, 0.2) is 18.2 Å². The van der Waals surface area contributed by atoms with Gasteiger partial charge >= 0.3 is 0 Å². The normalized spacial score (nSPS) is 28.6. The predicted molar refractivity (Wildman–Crippen MR) is 71.0 cm³/mol. The van der Waals surface area contributed by atoms with Gasteiger partial charge in [0.1, 0.15) is 0 Å². The van der Waals surface area contributed by atoms with Crippen molar-refractivity contribution in [3.8, 4) is 0 Å². The monoisotopic (exact) mass is 233 g/mol. The lowest BCUT2D eigenvalue weighted by Gasteiger charge is -2.32. The van der Waals surface area contributed by atoms with Crippen LogP contribution in [0.4, 0.5) is 0 Å². The van der Waals surface area contributed by atoms with Gasteiger partial charge in [-0.05, 0) is 49.8 Å². The Balaban J connectivity index is 2.30. The van der Waals surface area contributed by atoms with E-state index in [2.05, 4.69) is 32.0 Å². The van der Waals surface area contributed by atoms with E-state index >= 15 is 0 Å². The number of hydrogen-bond acceptors (Lipinski definition) is 2. The maximum atomic E-state index is 10.2. The molecule has 2 nitrogen and oxygen atoms in total. The zero-order chi connectivity index (χ0) is 12.5. The second-order valence-corrected chi connectivity index (χ2v) is 5.52. The minimum Gasteiger partial charge on any atom is -0.392 e. The molecule has 2 heteroatoms. The van der Waals surface area contributed by atoms with Gasteiger partial charge in [0.05, 0.1) is 6.10 Å². The van der Waals surface area contributed by atoms with Gasteiger partial charge in [0.2, 0.25) is 0 Å². The summed E-state index contributed by atoms with van der Waals surface area (Å²) in [6.45, 7) is 4.88. The first-order valence-corrected chi connectivity index (χ1v) is 6.52. The summed E-state index contributed by atoms with van der Waals surface area (Å²) in [7, 11) is 0. The second-order valence-electron chi connectivity index (χ2n) is 5.52. The Morgan fingerprint density at radius 1 is 1.35 bits per heavy atom. The molecule has 0 radical (unpaired) electrons. The fourth-order valence-electron chi connectivity index (χ4n) is 3.12. The summed E-state index contributed by atoms with van der Waals surface area (Å²) in [5.41, 5.74) is 9.87. The zero-order valence-corrected chi connectivity index (χ0v) is 10.9. The molecule has 94 valence electrons. The molecule has 0 amide bonds. The lowest BCUT2D eigenvalue weighted by molar-refractivity contribution is 0.0586. The van der Waals surface area contributed by atoms with Gasteiger partial charge < -0.3 is 10.8 Å². The van der Waals surface area contributed by atoms with Gasteiger partial charge in [-0.15, -0.1) is 0 Å². The Bertz CT molecular complexity index is 382. The number of aliphatic hydroxyl groups is 1. The van der Waals surface area contributed by atoms with Crippen LogP contribution in [-0.4, -0.2) is 17.8 Å². The van der Waals surface area contributed by atoms with E-state index in [1.807, 2.05) is 0 Å². The van der Waals surface area contributed by atoms with Crippen LogP contribution in [0.25, 0.3) is 0 Å². The largest absolute Gasteiger partial charge is 0.392 e. The molecule has 0 spiro atoms. The number of aliphatic hydroxyl groups excluding tert-OH is 1. The standard InChI is InChI=1S/C15H23NO/c1-11-5-3-6-12(2)13(11)9-15(10-16)8-4-7-14(15)17/h3,5-6,14,17H,4,7-10,16H2,1-2H3. The molecule has 0 bridgehead atoms. The molecule has 2 rings (SSSR count).